The number of carbonyl (C=O) groups is 1. The molecule has 0 radical (unpaired) electrons. The minimum absolute atomic E-state index is 0.0285. The Bertz CT molecular complexity index is 201. The van der Waals surface area contributed by atoms with Gasteiger partial charge in [0.05, 0.1) is 4.91 Å². The largest absolute Gasteiger partial charge is 0.405 e. The Morgan fingerprint density at radius 2 is 1.86 bits per heavy atom. The Labute approximate surface area is 87.0 Å². The molecule has 0 saturated carbocycles. The first kappa shape index (κ1) is 15.8. The molecule has 0 rings (SSSR count). The number of carbonyl (C=O) groups excluding carboxylic acids is 1. The van der Waals surface area contributed by atoms with E-state index >= 15 is 0 Å². The Hall–Kier alpha value is -0.650. The lowest BCUT2D eigenvalue weighted by molar-refractivity contribution is -0.135. The summed E-state index contributed by atoms with van der Waals surface area (Å²) in [7, 11) is 0. The number of hydrogen-bond donors (Lipinski definition) is 2. The number of allylic oxidation sites excluding steroid dienone is 1. The van der Waals surface area contributed by atoms with Crippen LogP contribution in [0.5, 0.6) is 0 Å². The third kappa shape index (κ3) is 9.44. The average molecular weight is 229 g/mol. The van der Waals surface area contributed by atoms with E-state index in [1.54, 1.807) is 5.32 Å². The van der Waals surface area contributed by atoms with Crippen molar-refractivity contribution in [1.82, 2.24) is 5.32 Å². The van der Waals surface area contributed by atoms with Gasteiger partial charge in [0.25, 0.3) is 5.91 Å². The third-order valence-corrected chi connectivity index (χ3v) is 1.42. The van der Waals surface area contributed by atoms with Crippen LogP contribution in [-0.4, -0.2) is 18.6 Å². The molecule has 0 unspecified atom stereocenters. The summed E-state index contributed by atoms with van der Waals surface area (Å²) in [4.78, 5) is 10.6. The van der Waals surface area contributed by atoms with Crippen LogP contribution in [0.3, 0.4) is 0 Å². The first-order valence-corrected chi connectivity index (χ1v) is 4.52. The molecule has 0 aliphatic heterocycles. The van der Waals surface area contributed by atoms with Crippen LogP contribution in [0.15, 0.2) is 11.0 Å². The number of alkyl halides is 3. The van der Waals surface area contributed by atoms with Crippen molar-refractivity contribution in [1.29, 1.82) is 0 Å². The lowest BCUT2D eigenvalue weighted by atomic mass is 10.4. The highest BCUT2D eigenvalue weighted by Crippen LogP contribution is 2.12. The van der Waals surface area contributed by atoms with E-state index in [4.69, 9.17) is 0 Å². The molecule has 0 fully saturated rings. The maximum Gasteiger partial charge on any atom is 0.405 e. The number of halogens is 3. The third-order valence-electron chi connectivity index (χ3n) is 0.955. The zero-order chi connectivity index (χ0) is 11.8. The molecule has 0 spiro atoms. The molecule has 84 valence electrons. The van der Waals surface area contributed by atoms with Gasteiger partial charge < -0.3 is 5.32 Å². The van der Waals surface area contributed by atoms with Gasteiger partial charge >= 0.3 is 6.18 Å². The van der Waals surface area contributed by atoms with Crippen LogP contribution in [0.1, 0.15) is 20.8 Å². The molecular formula is C8H14F3NOS. The zero-order valence-electron chi connectivity index (χ0n) is 8.27. The van der Waals surface area contributed by atoms with E-state index in [1.807, 2.05) is 13.8 Å². The van der Waals surface area contributed by atoms with E-state index in [0.29, 0.717) is 0 Å². The van der Waals surface area contributed by atoms with Gasteiger partial charge in [-0.15, -0.1) is 12.6 Å². The summed E-state index contributed by atoms with van der Waals surface area (Å²) in [6.45, 7) is 4.18. The summed E-state index contributed by atoms with van der Waals surface area (Å²) < 4.78 is 34.6. The van der Waals surface area contributed by atoms with Crippen molar-refractivity contribution in [3.8, 4) is 0 Å². The van der Waals surface area contributed by atoms with Crippen molar-refractivity contribution in [3.05, 3.63) is 11.0 Å². The second-order valence-corrected chi connectivity index (χ2v) is 2.45. The molecule has 1 N–H and O–H groups in total. The van der Waals surface area contributed by atoms with Gasteiger partial charge in [0.1, 0.15) is 6.54 Å². The summed E-state index contributed by atoms with van der Waals surface area (Å²) in [5.41, 5.74) is 0. The van der Waals surface area contributed by atoms with E-state index in [1.165, 1.54) is 13.0 Å². The molecule has 0 atom stereocenters. The fourth-order valence-corrected chi connectivity index (χ4v) is 0.481. The molecule has 14 heavy (non-hydrogen) atoms. The lowest BCUT2D eigenvalue weighted by Crippen LogP contribution is -2.33. The van der Waals surface area contributed by atoms with Crippen LogP contribution in [-0.2, 0) is 4.79 Å². The van der Waals surface area contributed by atoms with Gasteiger partial charge in [-0.3, -0.25) is 4.79 Å². The van der Waals surface area contributed by atoms with E-state index in [2.05, 4.69) is 12.6 Å². The molecule has 1 amide bonds. The highest BCUT2D eigenvalue weighted by molar-refractivity contribution is 7.85. The Balaban J connectivity index is 0. The van der Waals surface area contributed by atoms with Gasteiger partial charge in [-0.1, -0.05) is 19.9 Å². The van der Waals surface area contributed by atoms with Crippen molar-refractivity contribution in [2.45, 2.75) is 26.9 Å². The number of hydrogen-bond acceptors (Lipinski definition) is 2. The van der Waals surface area contributed by atoms with Crippen molar-refractivity contribution in [2.75, 3.05) is 6.54 Å². The minimum atomic E-state index is -4.38. The molecule has 0 aromatic heterocycles. The maximum absolute atomic E-state index is 11.5. The molecular weight excluding hydrogens is 215 g/mol. The van der Waals surface area contributed by atoms with Crippen LogP contribution < -0.4 is 5.32 Å². The van der Waals surface area contributed by atoms with Gasteiger partial charge in [0.15, 0.2) is 0 Å². The summed E-state index contributed by atoms with van der Waals surface area (Å²) in [5, 5.41) is 1.66. The number of thiol groups is 1. The van der Waals surface area contributed by atoms with E-state index in [9.17, 15) is 18.0 Å². The predicted octanol–water partition coefficient (Wildman–Crippen LogP) is 2.52. The minimum Gasteiger partial charge on any atom is -0.342 e. The van der Waals surface area contributed by atoms with Gasteiger partial charge in [-0.05, 0) is 6.92 Å². The standard InChI is InChI=1S/C6H8F3NOS.C2H6/c1-2-4(12)5(11)10-3-6(7,8)9;1-2/h2,12H,3H2,1H3,(H,10,11);1-2H3/b4-2-;. The second kappa shape index (κ2) is 7.73. The number of rotatable bonds is 2. The normalized spacial score (nSPS) is 11.5. The molecule has 2 nitrogen and oxygen atoms in total. The smallest absolute Gasteiger partial charge is 0.342 e. The molecule has 0 aliphatic carbocycles. The quantitative estimate of drug-likeness (QED) is 0.553. The zero-order valence-corrected chi connectivity index (χ0v) is 9.17. The highest BCUT2D eigenvalue weighted by atomic mass is 32.1. The van der Waals surface area contributed by atoms with Gasteiger partial charge in [-0.2, -0.15) is 13.2 Å². The molecule has 0 heterocycles. The number of amides is 1. The van der Waals surface area contributed by atoms with Crippen molar-refractivity contribution in [2.24, 2.45) is 0 Å². The first-order chi connectivity index (χ1) is 6.37. The van der Waals surface area contributed by atoms with Gasteiger partial charge in [0.2, 0.25) is 0 Å². The Morgan fingerprint density at radius 1 is 1.43 bits per heavy atom. The number of nitrogens with one attached hydrogen (secondary N) is 1. The monoisotopic (exact) mass is 229 g/mol. The summed E-state index contributed by atoms with van der Waals surface area (Å²) in [6.07, 6.45) is -3.06. The Morgan fingerprint density at radius 3 is 2.14 bits per heavy atom. The molecule has 0 bridgehead atoms. The second-order valence-electron chi connectivity index (χ2n) is 1.97. The fourth-order valence-electron chi connectivity index (χ4n) is 0.402. The topological polar surface area (TPSA) is 29.1 Å². The summed E-state index contributed by atoms with van der Waals surface area (Å²) in [6, 6.07) is 0. The molecule has 0 aromatic rings. The van der Waals surface area contributed by atoms with E-state index in [0.717, 1.165) is 0 Å². The molecule has 0 aromatic carbocycles. The molecule has 6 heteroatoms. The fraction of sp³-hybridized carbons (Fsp3) is 0.625. The van der Waals surface area contributed by atoms with E-state index < -0.39 is 18.6 Å². The highest BCUT2D eigenvalue weighted by Gasteiger charge is 2.27. The van der Waals surface area contributed by atoms with Gasteiger partial charge in [0, 0.05) is 0 Å². The van der Waals surface area contributed by atoms with E-state index in [-0.39, 0.29) is 4.91 Å². The molecule has 0 aliphatic rings. The van der Waals surface area contributed by atoms with Crippen LogP contribution in [0.2, 0.25) is 0 Å². The molecule has 0 saturated heterocycles. The van der Waals surface area contributed by atoms with Crippen LogP contribution in [0.25, 0.3) is 0 Å². The maximum atomic E-state index is 11.5. The van der Waals surface area contributed by atoms with Crippen LogP contribution >= 0.6 is 12.6 Å². The van der Waals surface area contributed by atoms with Crippen LogP contribution in [0.4, 0.5) is 13.2 Å². The summed E-state index contributed by atoms with van der Waals surface area (Å²) >= 11 is 3.64. The van der Waals surface area contributed by atoms with Crippen molar-refractivity contribution < 1.29 is 18.0 Å². The SMILES string of the molecule is C/C=C(\S)C(=O)NCC(F)(F)F.CC. The average Bonchev–Trinajstić information content (AvgIpc) is 2.15. The first-order valence-electron chi connectivity index (χ1n) is 4.07. The summed E-state index contributed by atoms with van der Waals surface area (Å²) in [5.74, 6) is -0.821. The predicted molar refractivity (Wildman–Crippen MR) is 53.2 cm³/mol. The lowest BCUT2D eigenvalue weighted by Gasteiger charge is -2.07. The van der Waals surface area contributed by atoms with Gasteiger partial charge in [-0.25, -0.2) is 0 Å². The van der Waals surface area contributed by atoms with Crippen LogP contribution in [0, 0.1) is 0 Å². The van der Waals surface area contributed by atoms with Crippen molar-refractivity contribution >= 4 is 18.5 Å². The van der Waals surface area contributed by atoms with Crippen molar-refractivity contribution in [3.63, 3.8) is 0 Å². The Kier molecular flexibility index (Phi) is 8.72.